The van der Waals surface area contributed by atoms with Gasteiger partial charge in [-0.05, 0) is 25.5 Å². The van der Waals surface area contributed by atoms with Crippen molar-refractivity contribution in [3.05, 3.63) is 59.8 Å². The molecule has 3 aromatic rings. The number of carbonyl (C=O) groups excluding carboxylic acids is 1. The monoisotopic (exact) mass is 263 g/mol. The van der Waals surface area contributed by atoms with E-state index in [4.69, 9.17) is 0 Å². The summed E-state index contributed by atoms with van der Waals surface area (Å²) in [7, 11) is 2.09. The zero-order chi connectivity index (χ0) is 14.3. The maximum absolute atomic E-state index is 11.4. The summed E-state index contributed by atoms with van der Waals surface area (Å²) in [6.07, 6.45) is 0. The number of aromatic nitrogens is 1. The van der Waals surface area contributed by atoms with Gasteiger partial charge in [-0.15, -0.1) is 0 Å². The first-order chi connectivity index (χ1) is 9.59. The van der Waals surface area contributed by atoms with Crippen LogP contribution in [0.15, 0.2) is 48.5 Å². The van der Waals surface area contributed by atoms with Gasteiger partial charge in [0.15, 0.2) is 5.78 Å². The normalized spacial score (nSPS) is 10.9. The van der Waals surface area contributed by atoms with E-state index in [1.165, 1.54) is 22.2 Å². The largest absolute Gasteiger partial charge is 0.347 e. The zero-order valence-electron chi connectivity index (χ0n) is 12.0. The van der Waals surface area contributed by atoms with Crippen molar-refractivity contribution in [2.45, 2.75) is 13.8 Å². The van der Waals surface area contributed by atoms with Gasteiger partial charge in [0.05, 0.1) is 0 Å². The lowest BCUT2D eigenvalue weighted by Crippen LogP contribution is -1.92. The van der Waals surface area contributed by atoms with Crippen molar-refractivity contribution in [1.29, 1.82) is 0 Å². The summed E-state index contributed by atoms with van der Waals surface area (Å²) >= 11 is 0. The number of rotatable bonds is 2. The third-order valence-electron chi connectivity index (χ3n) is 3.98. The summed E-state index contributed by atoms with van der Waals surface area (Å²) in [6.45, 7) is 3.73. The number of aryl methyl sites for hydroxylation is 1. The Hall–Kier alpha value is -2.35. The maximum Gasteiger partial charge on any atom is 0.159 e. The predicted octanol–water partition coefficient (Wildman–Crippen LogP) is 4.36. The van der Waals surface area contributed by atoms with Gasteiger partial charge in [0, 0.05) is 34.8 Å². The van der Waals surface area contributed by atoms with Crippen molar-refractivity contribution in [3.63, 3.8) is 0 Å². The van der Waals surface area contributed by atoms with E-state index in [1.807, 2.05) is 24.3 Å². The highest BCUT2D eigenvalue weighted by molar-refractivity contribution is 5.99. The van der Waals surface area contributed by atoms with E-state index in [1.54, 1.807) is 6.92 Å². The number of ketones is 1. The summed E-state index contributed by atoms with van der Waals surface area (Å²) in [6, 6.07) is 16.3. The van der Waals surface area contributed by atoms with Crippen LogP contribution in [-0.4, -0.2) is 10.4 Å². The molecule has 0 N–H and O–H groups in total. The molecule has 1 heterocycles. The number of benzene rings is 2. The number of para-hydroxylation sites is 1. The van der Waals surface area contributed by atoms with Gasteiger partial charge in [-0.1, -0.05) is 42.5 Å². The van der Waals surface area contributed by atoms with E-state index in [0.717, 1.165) is 11.1 Å². The van der Waals surface area contributed by atoms with Crippen LogP contribution in [0, 0.1) is 6.92 Å². The van der Waals surface area contributed by atoms with Crippen LogP contribution in [0.2, 0.25) is 0 Å². The number of nitrogens with zero attached hydrogens (tertiary/aromatic N) is 1. The van der Waals surface area contributed by atoms with Gasteiger partial charge in [0.25, 0.3) is 0 Å². The molecule has 1 aromatic heterocycles. The molecule has 0 fully saturated rings. The van der Waals surface area contributed by atoms with Gasteiger partial charge in [-0.3, -0.25) is 4.79 Å². The molecule has 0 saturated carbocycles. The highest BCUT2D eigenvalue weighted by Gasteiger charge is 2.13. The predicted molar refractivity (Wildman–Crippen MR) is 83.1 cm³/mol. The molecule has 0 unspecified atom stereocenters. The van der Waals surface area contributed by atoms with Crippen LogP contribution in [0.1, 0.15) is 23.0 Å². The fourth-order valence-electron chi connectivity index (χ4n) is 2.76. The minimum Gasteiger partial charge on any atom is -0.347 e. The summed E-state index contributed by atoms with van der Waals surface area (Å²) < 4.78 is 2.21. The Bertz CT molecular complexity index is 794. The molecular formula is C18H17NO. The first-order valence-corrected chi connectivity index (χ1v) is 6.75. The van der Waals surface area contributed by atoms with Crippen molar-refractivity contribution in [3.8, 4) is 11.1 Å². The van der Waals surface area contributed by atoms with Crippen LogP contribution < -0.4 is 0 Å². The molecule has 100 valence electrons. The molecule has 2 nitrogen and oxygen atoms in total. The van der Waals surface area contributed by atoms with Crippen molar-refractivity contribution >= 4 is 16.7 Å². The van der Waals surface area contributed by atoms with E-state index in [2.05, 4.69) is 42.8 Å². The molecule has 0 aliphatic carbocycles. The van der Waals surface area contributed by atoms with Crippen molar-refractivity contribution in [2.24, 2.45) is 7.05 Å². The van der Waals surface area contributed by atoms with Gasteiger partial charge >= 0.3 is 0 Å². The van der Waals surface area contributed by atoms with E-state index >= 15 is 0 Å². The standard InChI is InChI=1S/C18H17NO/c1-12-18(15-10-8-14(9-11-15)13(2)20)16-6-4-5-7-17(16)19(12)3/h4-11H,1-3H3. The molecule has 0 atom stereocenters. The average molecular weight is 263 g/mol. The Morgan fingerprint density at radius 2 is 1.65 bits per heavy atom. The maximum atomic E-state index is 11.4. The van der Waals surface area contributed by atoms with Crippen LogP contribution in [0.3, 0.4) is 0 Å². The second-order valence-corrected chi connectivity index (χ2v) is 5.17. The SMILES string of the molecule is CC(=O)c1ccc(-c2c(C)n(C)c3ccccc23)cc1. The molecule has 2 heteroatoms. The molecule has 0 radical (unpaired) electrons. The molecule has 0 aliphatic rings. The highest BCUT2D eigenvalue weighted by atomic mass is 16.1. The van der Waals surface area contributed by atoms with Gasteiger partial charge in [-0.2, -0.15) is 0 Å². The van der Waals surface area contributed by atoms with Crippen LogP contribution in [0.25, 0.3) is 22.0 Å². The average Bonchev–Trinajstić information content (AvgIpc) is 2.72. The first-order valence-electron chi connectivity index (χ1n) is 6.75. The molecular weight excluding hydrogens is 246 g/mol. The smallest absolute Gasteiger partial charge is 0.159 e. The summed E-state index contributed by atoms with van der Waals surface area (Å²) in [5.74, 6) is 0.103. The van der Waals surface area contributed by atoms with Crippen LogP contribution in [-0.2, 0) is 7.05 Å². The first kappa shape index (κ1) is 12.7. The second-order valence-electron chi connectivity index (χ2n) is 5.17. The Balaban J connectivity index is 2.24. The molecule has 2 aromatic carbocycles. The zero-order valence-corrected chi connectivity index (χ0v) is 12.0. The number of Topliss-reactive ketones (excluding diaryl/α,β-unsaturated/α-hetero) is 1. The lowest BCUT2D eigenvalue weighted by atomic mass is 10.00. The lowest BCUT2D eigenvalue weighted by molar-refractivity contribution is 0.101. The molecule has 0 saturated heterocycles. The van der Waals surface area contributed by atoms with Gasteiger partial charge in [-0.25, -0.2) is 0 Å². The van der Waals surface area contributed by atoms with Gasteiger partial charge in [0.1, 0.15) is 0 Å². The summed E-state index contributed by atoms with van der Waals surface area (Å²) in [5, 5.41) is 1.25. The molecule has 0 amide bonds. The van der Waals surface area contributed by atoms with Gasteiger partial charge in [0.2, 0.25) is 0 Å². The fraction of sp³-hybridized carbons (Fsp3) is 0.167. The van der Waals surface area contributed by atoms with Crippen molar-refractivity contribution in [2.75, 3.05) is 0 Å². The molecule has 0 aliphatic heterocycles. The fourth-order valence-corrected chi connectivity index (χ4v) is 2.76. The van der Waals surface area contributed by atoms with Crippen LogP contribution >= 0.6 is 0 Å². The quantitative estimate of drug-likeness (QED) is 0.630. The lowest BCUT2D eigenvalue weighted by Gasteiger charge is -2.04. The Labute approximate surface area is 118 Å². The van der Waals surface area contributed by atoms with Crippen LogP contribution in [0.5, 0.6) is 0 Å². The molecule has 3 rings (SSSR count). The highest BCUT2D eigenvalue weighted by Crippen LogP contribution is 2.33. The number of carbonyl (C=O) groups is 1. The molecule has 0 bridgehead atoms. The second kappa shape index (κ2) is 4.64. The van der Waals surface area contributed by atoms with Crippen molar-refractivity contribution in [1.82, 2.24) is 4.57 Å². The Morgan fingerprint density at radius 3 is 2.30 bits per heavy atom. The third kappa shape index (κ3) is 1.85. The number of hydrogen-bond acceptors (Lipinski definition) is 1. The number of hydrogen-bond donors (Lipinski definition) is 0. The van der Waals surface area contributed by atoms with E-state index in [-0.39, 0.29) is 5.78 Å². The topological polar surface area (TPSA) is 22.0 Å². The summed E-state index contributed by atoms with van der Waals surface area (Å²) in [5.41, 5.74) is 5.63. The minimum atomic E-state index is 0.103. The Kier molecular flexibility index (Phi) is 2.94. The van der Waals surface area contributed by atoms with Crippen molar-refractivity contribution < 1.29 is 4.79 Å². The molecule has 20 heavy (non-hydrogen) atoms. The van der Waals surface area contributed by atoms with Crippen LogP contribution in [0.4, 0.5) is 0 Å². The number of fused-ring (bicyclic) bond motifs is 1. The minimum absolute atomic E-state index is 0.103. The van der Waals surface area contributed by atoms with E-state index in [0.29, 0.717) is 0 Å². The summed E-state index contributed by atoms with van der Waals surface area (Å²) in [4.78, 5) is 11.4. The molecule has 0 spiro atoms. The van der Waals surface area contributed by atoms with E-state index in [9.17, 15) is 4.79 Å². The third-order valence-corrected chi connectivity index (χ3v) is 3.98. The van der Waals surface area contributed by atoms with E-state index < -0.39 is 0 Å². The Morgan fingerprint density at radius 1 is 1.00 bits per heavy atom. The van der Waals surface area contributed by atoms with Gasteiger partial charge < -0.3 is 4.57 Å².